The number of amides is 1. The summed E-state index contributed by atoms with van der Waals surface area (Å²) in [5.41, 5.74) is 0.768. The molecule has 1 aromatic heterocycles. The first-order valence-corrected chi connectivity index (χ1v) is 7.39. The van der Waals surface area contributed by atoms with Crippen LogP contribution in [0.15, 0.2) is 57.8 Å². The minimum absolute atomic E-state index is 0.128. The number of para-hydroxylation sites is 2. The van der Waals surface area contributed by atoms with E-state index in [1.165, 1.54) is 4.68 Å². The van der Waals surface area contributed by atoms with Crippen molar-refractivity contribution in [3.8, 4) is 0 Å². The zero-order valence-electron chi connectivity index (χ0n) is 11.7. The lowest BCUT2D eigenvalue weighted by Gasteiger charge is -2.09. The Hall–Kier alpha value is -2.47. The molecule has 0 spiro atoms. The fourth-order valence-electron chi connectivity index (χ4n) is 2.22. The number of halogens is 1. The van der Waals surface area contributed by atoms with Crippen LogP contribution in [0.2, 0.25) is 0 Å². The second-order valence-corrected chi connectivity index (χ2v) is 5.61. The van der Waals surface area contributed by atoms with Gasteiger partial charge in [-0.1, -0.05) is 24.3 Å². The molecule has 6 heteroatoms. The molecule has 1 amide bonds. The monoisotopic (exact) mass is 357 g/mol. The standard InChI is InChI=1S/C16H12BrN3O2/c1-20-13-9-5-2-6-10(13)15(21)14(19-20)16(22)18-12-8-4-3-7-11(12)17/h2-9H,1H3,(H,18,22). The van der Waals surface area contributed by atoms with E-state index in [0.29, 0.717) is 16.6 Å². The van der Waals surface area contributed by atoms with Gasteiger partial charge in [0.05, 0.1) is 11.2 Å². The van der Waals surface area contributed by atoms with Crippen LogP contribution in [0.5, 0.6) is 0 Å². The highest BCUT2D eigenvalue weighted by Gasteiger charge is 2.17. The maximum Gasteiger partial charge on any atom is 0.280 e. The average molecular weight is 358 g/mol. The van der Waals surface area contributed by atoms with Gasteiger partial charge in [0.2, 0.25) is 5.43 Å². The van der Waals surface area contributed by atoms with Crippen molar-refractivity contribution in [1.82, 2.24) is 9.78 Å². The van der Waals surface area contributed by atoms with Crippen molar-refractivity contribution in [2.75, 3.05) is 5.32 Å². The molecule has 0 aliphatic rings. The van der Waals surface area contributed by atoms with Crippen molar-refractivity contribution in [2.24, 2.45) is 7.05 Å². The van der Waals surface area contributed by atoms with E-state index in [-0.39, 0.29) is 11.1 Å². The van der Waals surface area contributed by atoms with Crippen LogP contribution >= 0.6 is 15.9 Å². The lowest BCUT2D eigenvalue weighted by Crippen LogP contribution is -2.26. The molecular formula is C16H12BrN3O2. The van der Waals surface area contributed by atoms with E-state index in [4.69, 9.17) is 0 Å². The molecule has 2 aromatic carbocycles. The highest BCUT2D eigenvalue weighted by Crippen LogP contribution is 2.21. The Labute approximate surface area is 134 Å². The molecule has 0 fully saturated rings. The summed E-state index contributed by atoms with van der Waals surface area (Å²) < 4.78 is 2.27. The van der Waals surface area contributed by atoms with E-state index in [2.05, 4.69) is 26.3 Å². The molecule has 1 N–H and O–H groups in total. The molecule has 0 aliphatic heterocycles. The summed E-state index contributed by atoms with van der Waals surface area (Å²) >= 11 is 3.35. The highest BCUT2D eigenvalue weighted by atomic mass is 79.9. The zero-order chi connectivity index (χ0) is 15.7. The average Bonchev–Trinajstić information content (AvgIpc) is 2.53. The molecule has 3 rings (SSSR count). The van der Waals surface area contributed by atoms with Crippen LogP contribution in [-0.2, 0) is 7.05 Å². The van der Waals surface area contributed by atoms with E-state index in [1.807, 2.05) is 18.2 Å². The fraction of sp³-hybridized carbons (Fsp3) is 0.0625. The van der Waals surface area contributed by atoms with Crippen molar-refractivity contribution < 1.29 is 4.79 Å². The van der Waals surface area contributed by atoms with E-state index >= 15 is 0 Å². The Balaban J connectivity index is 2.07. The number of benzene rings is 2. The largest absolute Gasteiger partial charge is 0.319 e. The smallest absolute Gasteiger partial charge is 0.280 e. The first-order valence-electron chi connectivity index (χ1n) is 6.60. The lowest BCUT2D eigenvalue weighted by atomic mass is 10.2. The van der Waals surface area contributed by atoms with Crippen molar-refractivity contribution in [1.29, 1.82) is 0 Å². The van der Waals surface area contributed by atoms with Gasteiger partial charge in [-0.2, -0.15) is 5.10 Å². The predicted octanol–water partition coefficient (Wildman–Crippen LogP) is 2.95. The number of aryl methyl sites for hydroxylation is 1. The summed E-state index contributed by atoms with van der Waals surface area (Å²) in [5.74, 6) is -0.529. The van der Waals surface area contributed by atoms with Gasteiger partial charge >= 0.3 is 0 Å². The minimum Gasteiger partial charge on any atom is -0.319 e. The van der Waals surface area contributed by atoms with Gasteiger partial charge in [-0.05, 0) is 40.2 Å². The summed E-state index contributed by atoms with van der Waals surface area (Å²) in [6.45, 7) is 0. The van der Waals surface area contributed by atoms with Crippen molar-refractivity contribution in [2.45, 2.75) is 0 Å². The quantitative estimate of drug-likeness (QED) is 0.766. The number of carbonyl (C=O) groups is 1. The summed E-state index contributed by atoms with van der Waals surface area (Å²) in [4.78, 5) is 24.8. The summed E-state index contributed by atoms with van der Waals surface area (Å²) in [7, 11) is 1.71. The Morgan fingerprint density at radius 3 is 2.59 bits per heavy atom. The maximum atomic E-state index is 12.4. The second-order valence-electron chi connectivity index (χ2n) is 4.75. The Bertz CT molecular complexity index is 934. The number of rotatable bonds is 2. The number of anilines is 1. The topological polar surface area (TPSA) is 64.0 Å². The molecular weight excluding hydrogens is 346 g/mol. The van der Waals surface area contributed by atoms with Crippen molar-refractivity contribution >= 4 is 38.4 Å². The molecule has 0 saturated carbocycles. The second kappa shape index (κ2) is 5.73. The van der Waals surface area contributed by atoms with Crippen LogP contribution < -0.4 is 10.7 Å². The first kappa shape index (κ1) is 14.5. The molecule has 3 aromatic rings. The van der Waals surface area contributed by atoms with Crippen LogP contribution in [0, 0.1) is 0 Å². The number of hydrogen-bond acceptors (Lipinski definition) is 3. The Morgan fingerprint density at radius 2 is 1.82 bits per heavy atom. The minimum atomic E-state index is -0.529. The van der Waals surface area contributed by atoms with Crippen molar-refractivity contribution in [3.05, 3.63) is 68.9 Å². The Kier molecular flexibility index (Phi) is 3.77. The molecule has 1 heterocycles. The number of nitrogens with one attached hydrogen (secondary N) is 1. The third-order valence-electron chi connectivity index (χ3n) is 3.30. The van der Waals surface area contributed by atoms with Crippen LogP contribution in [0.25, 0.3) is 10.9 Å². The number of nitrogens with zero attached hydrogens (tertiary/aromatic N) is 2. The van der Waals surface area contributed by atoms with Gasteiger partial charge in [0.25, 0.3) is 5.91 Å². The molecule has 0 atom stereocenters. The van der Waals surface area contributed by atoms with Gasteiger partial charge in [-0.3, -0.25) is 14.3 Å². The normalized spacial score (nSPS) is 10.6. The van der Waals surface area contributed by atoms with Crippen molar-refractivity contribution in [3.63, 3.8) is 0 Å². The van der Waals surface area contributed by atoms with Gasteiger partial charge < -0.3 is 5.32 Å². The molecule has 0 bridgehead atoms. The number of aromatic nitrogens is 2. The van der Waals surface area contributed by atoms with Crippen LogP contribution in [0.1, 0.15) is 10.5 Å². The van der Waals surface area contributed by atoms with Gasteiger partial charge in [0.15, 0.2) is 5.69 Å². The maximum absolute atomic E-state index is 12.4. The molecule has 22 heavy (non-hydrogen) atoms. The third-order valence-corrected chi connectivity index (χ3v) is 3.99. The van der Waals surface area contributed by atoms with E-state index < -0.39 is 5.91 Å². The number of fused-ring (bicyclic) bond motifs is 1. The van der Waals surface area contributed by atoms with Gasteiger partial charge in [-0.15, -0.1) is 0 Å². The van der Waals surface area contributed by atoms with Crippen LogP contribution in [0.4, 0.5) is 5.69 Å². The summed E-state index contributed by atoms with van der Waals surface area (Å²) in [6, 6.07) is 14.3. The Morgan fingerprint density at radius 1 is 1.14 bits per heavy atom. The number of carbonyl (C=O) groups excluding carboxylic acids is 1. The van der Waals surface area contributed by atoms with E-state index in [9.17, 15) is 9.59 Å². The summed E-state index contributed by atoms with van der Waals surface area (Å²) in [6.07, 6.45) is 0. The lowest BCUT2D eigenvalue weighted by molar-refractivity contribution is 0.101. The first-order chi connectivity index (χ1) is 10.6. The zero-order valence-corrected chi connectivity index (χ0v) is 13.3. The van der Waals surface area contributed by atoms with Crippen LogP contribution in [0.3, 0.4) is 0 Å². The van der Waals surface area contributed by atoms with Gasteiger partial charge in [0, 0.05) is 16.9 Å². The molecule has 0 radical (unpaired) electrons. The molecule has 5 nitrogen and oxygen atoms in total. The molecule has 110 valence electrons. The van der Waals surface area contributed by atoms with Gasteiger partial charge in [0.1, 0.15) is 0 Å². The van der Waals surface area contributed by atoms with Crippen LogP contribution in [-0.4, -0.2) is 15.7 Å². The molecule has 0 aliphatic carbocycles. The third kappa shape index (κ3) is 2.53. The van der Waals surface area contributed by atoms with E-state index in [1.54, 1.807) is 37.4 Å². The predicted molar refractivity (Wildman–Crippen MR) is 89.1 cm³/mol. The molecule has 0 unspecified atom stereocenters. The van der Waals surface area contributed by atoms with E-state index in [0.717, 1.165) is 4.47 Å². The molecule has 0 saturated heterocycles. The number of hydrogen-bond donors (Lipinski definition) is 1. The summed E-state index contributed by atoms with van der Waals surface area (Å²) in [5, 5.41) is 7.27. The highest BCUT2D eigenvalue weighted by molar-refractivity contribution is 9.10. The SMILES string of the molecule is Cn1nc(C(=O)Nc2ccccc2Br)c(=O)c2ccccc21. The van der Waals surface area contributed by atoms with Gasteiger partial charge in [-0.25, -0.2) is 0 Å². The fourth-order valence-corrected chi connectivity index (χ4v) is 2.60.